The zero-order chi connectivity index (χ0) is 58.4. The lowest BCUT2D eigenvalue weighted by atomic mass is 9.80. The number of fused-ring (bicyclic) bond motifs is 6. The van der Waals surface area contributed by atoms with E-state index in [0.29, 0.717) is 0 Å². The maximum Gasteiger partial charge on any atom is 0.208 e. The van der Waals surface area contributed by atoms with Crippen LogP contribution in [0, 0.1) is 0 Å². The Balaban J connectivity index is 1.52. The second-order valence-corrected chi connectivity index (χ2v) is 17.2. The first-order valence-electron chi connectivity index (χ1n) is 21.1. The van der Waals surface area contributed by atoms with E-state index in [1.807, 2.05) is 0 Å². The summed E-state index contributed by atoms with van der Waals surface area (Å²) in [5, 5.41) is 327. The predicted molar refractivity (Wildman–Crippen MR) is 258 cm³/mol. The van der Waals surface area contributed by atoms with Crippen molar-refractivity contribution in [3.63, 3.8) is 0 Å². The molecule has 0 aliphatic carbocycles. The van der Waals surface area contributed by atoms with Crippen LogP contribution >= 0.6 is 0 Å². The summed E-state index contributed by atoms with van der Waals surface area (Å²) in [7, 11) is 0. The van der Waals surface area contributed by atoms with Crippen molar-refractivity contribution in [2.45, 2.75) is 0 Å². The number of phenols is 30. The Morgan fingerprint density at radius 2 is 0.316 bits per heavy atom. The lowest BCUT2D eigenvalue weighted by Crippen LogP contribution is -1.98. The number of aromatic hydroxyl groups is 30. The summed E-state index contributed by atoms with van der Waals surface area (Å²) in [4.78, 5) is 0. The Morgan fingerprint density at radius 3 is 0.671 bits per heavy atom. The molecule has 31 heteroatoms. The largest absolute Gasteiger partial charge is 0.506 e. The van der Waals surface area contributed by atoms with Crippen LogP contribution in [-0.4, -0.2) is 153 Å². The molecule has 0 spiro atoms. The van der Waals surface area contributed by atoms with Crippen LogP contribution in [0.15, 0.2) is 4.42 Å². The highest BCUT2D eigenvalue weighted by atomic mass is 16.4. The van der Waals surface area contributed by atoms with E-state index in [4.69, 9.17) is 4.42 Å². The van der Waals surface area contributed by atoms with Gasteiger partial charge in [-0.1, -0.05) is 0 Å². The lowest BCUT2D eigenvalue weighted by Gasteiger charge is -2.26. The average molecular weight is 1100 g/mol. The molecule has 31 nitrogen and oxygen atoms in total. The van der Waals surface area contributed by atoms with Crippen LogP contribution in [0.1, 0.15) is 0 Å². The van der Waals surface area contributed by atoms with Gasteiger partial charge in [0.25, 0.3) is 0 Å². The van der Waals surface area contributed by atoms with Crippen LogP contribution < -0.4 is 0 Å². The second kappa shape index (κ2) is 15.6. The van der Waals surface area contributed by atoms with Gasteiger partial charge < -0.3 is 158 Å². The molecule has 1 aromatic heterocycles. The molecule has 0 atom stereocenters. The molecule has 79 heavy (non-hydrogen) atoms. The minimum absolute atomic E-state index is 1.08. The van der Waals surface area contributed by atoms with Crippen LogP contribution in [0.5, 0.6) is 172 Å². The first kappa shape index (κ1) is 50.1. The van der Waals surface area contributed by atoms with Gasteiger partial charge in [0.05, 0.1) is 43.8 Å². The van der Waals surface area contributed by atoms with Gasteiger partial charge in [0.2, 0.25) is 74.7 Å². The van der Waals surface area contributed by atoms with Crippen molar-refractivity contribution in [2.75, 3.05) is 0 Å². The molecule has 0 aliphatic heterocycles. The van der Waals surface area contributed by atoms with Crippen molar-refractivity contribution in [3.05, 3.63) is 0 Å². The Morgan fingerprint density at radius 1 is 0.114 bits per heavy atom. The Bertz CT molecular complexity index is 4450. The van der Waals surface area contributed by atoms with Gasteiger partial charge in [0.15, 0.2) is 91.7 Å². The lowest BCUT2D eigenvalue weighted by molar-refractivity contribution is 0.329. The highest BCUT2D eigenvalue weighted by molar-refractivity contribution is 6.33. The molecule has 10 rings (SSSR count). The first-order chi connectivity index (χ1) is 36.8. The molecule has 0 unspecified atom stereocenters. The van der Waals surface area contributed by atoms with E-state index in [-0.39, 0.29) is 0 Å². The molecule has 10 aromatic rings. The van der Waals surface area contributed by atoms with Gasteiger partial charge in [-0.3, -0.25) is 0 Å². The third-order valence-electron chi connectivity index (χ3n) is 13.3. The summed E-state index contributed by atoms with van der Waals surface area (Å²) < 4.78 is 5.45. The topological polar surface area (TPSA) is 620 Å². The van der Waals surface area contributed by atoms with Gasteiger partial charge >= 0.3 is 0 Å². The van der Waals surface area contributed by atoms with Crippen molar-refractivity contribution in [1.82, 2.24) is 0 Å². The summed E-state index contributed by atoms with van der Waals surface area (Å²) >= 11 is 0. The summed E-state index contributed by atoms with van der Waals surface area (Å²) in [5.74, 6) is -53.2. The SMILES string of the molecule is Oc1c(O)c(O)c(-c2c(O)c(O)c(-c3c4c(O)c(O)c(O)c(O)c4c(-c4c(O)c(O)c5oc6c(O)c7c(O)c(O)c(O)c(O)c7c(O)c6c5c4O)c4c(O)c(O)c(O)c(O)c34)c(O)c2-c2c(O)c(O)c(O)c(O)c2O)c(O)c1O. The monoisotopic (exact) mass is 1100 g/mol. The first-order valence-corrected chi connectivity index (χ1v) is 21.1. The zero-order valence-electron chi connectivity index (χ0n) is 37.8. The van der Waals surface area contributed by atoms with Crippen molar-refractivity contribution < 1.29 is 158 Å². The third kappa shape index (κ3) is 5.70. The molecule has 30 N–H and O–H groups in total. The minimum atomic E-state index is -2.05. The normalized spacial score (nSPS) is 11.8. The van der Waals surface area contributed by atoms with Crippen LogP contribution in [0.3, 0.4) is 0 Å². The molecule has 0 amide bonds. The second-order valence-electron chi connectivity index (χ2n) is 17.2. The van der Waals surface area contributed by atoms with Gasteiger partial charge in [-0.05, 0) is 0 Å². The maximum atomic E-state index is 12.6. The fourth-order valence-electron chi connectivity index (χ4n) is 9.71. The quantitative estimate of drug-likeness (QED) is 0.0634. The molecule has 0 fully saturated rings. The fraction of sp³-hybridized carbons (Fsp3) is 0. The number of phenolic OH excluding ortho intramolecular Hbond substituents is 30. The standard InChI is InChI=1S/C48H30O31/c49-17-7(11-26(58)40(72)44(76)41(73)27(11)59)8(12-28(60)42(74)45(77)43(75)29(12)61)20(52)25(57)9(17)1-3-5(23(55)36(68)34(66)21(3)53)2(6-4(1)22(54)35(67)37(69)24(6)56)10-18(50)16-15-19(51)13-14(31(63)39(71)38(70)30(13)62)33(65)47(15)79-48(16)46(78)32(10)64/h49-78H. The number of hydrogen-bond donors (Lipinski definition) is 30. The number of furan rings is 1. The minimum Gasteiger partial charge on any atom is -0.506 e. The molecule has 0 bridgehead atoms. The van der Waals surface area contributed by atoms with Crippen LogP contribution in [0.2, 0.25) is 0 Å². The number of rotatable bonds is 4. The summed E-state index contributed by atoms with van der Waals surface area (Å²) in [6.07, 6.45) is 0. The van der Waals surface area contributed by atoms with Crippen LogP contribution in [0.4, 0.5) is 0 Å². The fourth-order valence-corrected chi connectivity index (χ4v) is 9.71. The van der Waals surface area contributed by atoms with Gasteiger partial charge in [-0.2, -0.15) is 0 Å². The highest BCUT2D eigenvalue weighted by Gasteiger charge is 2.42. The van der Waals surface area contributed by atoms with E-state index in [0.717, 1.165) is 0 Å². The van der Waals surface area contributed by atoms with Crippen molar-refractivity contribution in [3.8, 4) is 217 Å². The zero-order valence-corrected chi connectivity index (χ0v) is 37.8. The van der Waals surface area contributed by atoms with Crippen LogP contribution in [0.25, 0.3) is 98.8 Å². The Kier molecular flexibility index (Phi) is 9.86. The van der Waals surface area contributed by atoms with Crippen molar-refractivity contribution in [2.24, 2.45) is 0 Å². The van der Waals surface area contributed by atoms with Crippen LogP contribution in [-0.2, 0) is 0 Å². The number of benzene rings is 9. The number of hydrogen-bond acceptors (Lipinski definition) is 31. The summed E-state index contributed by atoms with van der Waals surface area (Å²) in [6.45, 7) is 0. The maximum absolute atomic E-state index is 12.6. The van der Waals surface area contributed by atoms with Crippen molar-refractivity contribution in [1.29, 1.82) is 0 Å². The van der Waals surface area contributed by atoms with E-state index in [2.05, 4.69) is 0 Å². The van der Waals surface area contributed by atoms with E-state index >= 15 is 0 Å². The van der Waals surface area contributed by atoms with Gasteiger partial charge in [0.1, 0.15) is 17.2 Å². The Hall–Kier alpha value is -12.4. The molecule has 0 aliphatic rings. The molecular formula is C48H30O31. The molecule has 408 valence electrons. The molecule has 9 aromatic carbocycles. The third-order valence-corrected chi connectivity index (χ3v) is 13.3. The molecular weight excluding hydrogens is 1070 g/mol. The van der Waals surface area contributed by atoms with E-state index in [9.17, 15) is 153 Å². The van der Waals surface area contributed by atoms with Gasteiger partial charge in [0, 0.05) is 43.8 Å². The van der Waals surface area contributed by atoms with E-state index in [1.165, 1.54) is 0 Å². The molecule has 0 saturated carbocycles. The molecule has 0 saturated heterocycles. The smallest absolute Gasteiger partial charge is 0.208 e. The average Bonchev–Trinajstić information content (AvgIpc) is 3.80. The van der Waals surface area contributed by atoms with E-state index in [1.54, 1.807) is 0 Å². The summed E-state index contributed by atoms with van der Waals surface area (Å²) in [6, 6.07) is 0. The highest BCUT2D eigenvalue weighted by Crippen LogP contribution is 2.71. The predicted octanol–water partition coefficient (Wildman–Crippen LogP) is 4.88. The Labute approximate surface area is 428 Å². The molecule has 0 radical (unpaired) electrons. The van der Waals surface area contributed by atoms with E-state index < -0.39 is 271 Å². The molecule has 1 heterocycles. The van der Waals surface area contributed by atoms with Crippen molar-refractivity contribution >= 4 is 54.3 Å². The summed E-state index contributed by atoms with van der Waals surface area (Å²) in [5.41, 5.74) is -15.6. The van der Waals surface area contributed by atoms with Gasteiger partial charge in [-0.25, -0.2) is 0 Å². The van der Waals surface area contributed by atoms with Gasteiger partial charge in [-0.15, -0.1) is 0 Å².